The van der Waals surface area contributed by atoms with E-state index in [2.05, 4.69) is 6.92 Å². The largest absolute Gasteiger partial charge is 0.342 e. The smallest absolute Gasteiger partial charge is 0.326 e. The fourth-order valence-electron chi connectivity index (χ4n) is 2.46. The second kappa shape index (κ2) is 11.4. The summed E-state index contributed by atoms with van der Waals surface area (Å²) in [6.45, 7) is 7.52. The Morgan fingerprint density at radius 1 is 1.05 bits per heavy atom. The van der Waals surface area contributed by atoms with Gasteiger partial charge in [0.25, 0.3) is 0 Å². The number of unbranched alkanes of at least 4 members (excludes halogenated alkanes) is 4. The van der Waals surface area contributed by atoms with Gasteiger partial charge in [0.1, 0.15) is 11.4 Å². The van der Waals surface area contributed by atoms with E-state index in [0.717, 1.165) is 12.8 Å². The van der Waals surface area contributed by atoms with Crippen molar-refractivity contribution in [1.82, 2.24) is 0 Å². The maximum absolute atomic E-state index is 12.8. The van der Waals surface area contributed by atoms with Crippen LogP contribution in [0.3, 0.4) is 0 Å². The summed E-state index contributed by atoms with van der Waals surface area (Å²) < 4.78 is 23.4. The number of rotatable bonds is 13. The molecule has 0 aliphatic rings. The Labute approximate surface area is 129 Å². The lowest BCUT2D eigenvalue weighted by molar-refractivity contribution is -0.117. The van der Waals surface area contributed by atoms with Crippen LogP contribution in [0.25, 0.3) is 0 Å². The first-order chi connectivity index (χ1) is 9.92. The summed E-state index contributed by atoms with van der Waals surface area (Å²) in [5.74, 6) is -0.221. The van der Waals surface area contributed by atoms with Crippen LogP contribution in [0.2, 0.25) is 0 Å². The summed E-state index contributed by atoms with van der Waals surface area (Å²) in [5.41, 5.74) is 5.27. The second-order valence-electron chi connectivity index (χ2n) is 5.30. The number of ketones is 1. The zero-order valence-corrected chi connectivity index (χ0v) is 14.9. The molecule has 0 amide bonds. The summed E-state index contributed by atoms with van der Waals surface area (Å²) in [4.78, 5) is 11.9. The number of carbonyl (C=O) groups is 1. The maximum atomic E-state index is 12.8. The van der Waals surface area contributed by atoms with E-state index in [1.54, 1.807) is 13.8 Å². The van der Waals surface area contributed by atoms with Gasteiger partial charge in [-0.25, -0.2) is 0 Å². The monoisotopic (exact) mass is 321 g/mol. The van der Waals surface area contributed by atoms with Gasteiger partial charge in [-0.15, -0.1) is 0 Å². The van der Waals surface area contributed by atoms with Crippen LogP contribution in [-0.4, -0.2) is 30.7 Å². The fraction of sp³-hybridized carbons (Fsp3) is 0.933. The first-order valence-electron chi connectivity index (χ1n) is 8.07. The second-order valence-corrected chi connectivity index (χ2v) is 7.45. The van der Waals surface area contributed by atoms with Gasteiger partial charge in [0.15, 0.2) is 0 Å². The summed E-state index contributed by atoms with van der Waals surface area (Å²) in [5, 5.41) is 0. The van der Waals surface area contributed by atoms with Gasteiger partial charge in [-0.05, 0) is 27.2 Å². The molecule has 0 saturated carbocycles. The third-order valence-corrected chi connectivity index (χ3v) is 6.09. The molecule has 6 heteroatoms. The molecule has 0 fully saturated rings. The van der Waals surface area contributed by atoms with Gasteiger partial charge < -0.3 is 14.8 Å². The summed E-state index contributed by atoms with van der Waals surface area (Å²) in [6.07, 6.45) is 6.25. The molecule has 0 aromatic heterocycles. The minimum Gasteiger partial charge on any atom is -0.326 e. The summed E-state index contributed by atoms with van der Waals surface area (Å²) >= 11 is 0. The topological polar surface area (TPSA) is 78.6 Å². The average Bonchev–Trinajstić information content (AvgIpc) is 2.38. The molecule has 0 radical (unpaired) electrons. The van der Waals surface area contributed by atoms with E-state index in [1.165, 1.54) is 26.2 Å². The molecule has 0 saturated heterocycles. The Morgan fingerprint density at radius 3 is 2.00 bits per heavy atom. The van der Waals surface area contributed by atoms with Gasteiger partial charge in [-0.3, -0.25) is 9.36 Å². The van der Waals surface area contributed by atoms with E-state index >= 15 is 0 Å². The van der Waals surface area contributed by atoms with Crippen LogP contribution in [0, 0.1) is 0 Å². The molecule has 0 aromatic rings. The first kappa shape index (κ1) is 20.8. The van der Waals surface area contributed by atoms with Crippen molar-refractivity contribution >= 4 is 13.4 Å². The van der Waals surface area contributed by atoms with E-state index in [0.29, 0.717) is 6.42 Å². The van der Waals surface area contributed by atoms with E-state index in [4.69, 9.17) is 14.8 Å². The maximum Gasteiger partial charge on any atom is 0.342 e. The molecule has 0 heterocycles. The highest BCUT2D eigenvalue weighted by molar-refractivity contribution is 7.55. The van der Waals surface area contributed by atoms with Crippen molar-refractivity contribution in [2.24, 2.45) is 5.73 Å². The van der Waals surface area contributed by atoms with Gasteiger partial charge in [0, 0.05) is 6.04 Å². The lowest BCUT2D eigenvalue weighted by Crippen LogP contribution is -2.40. The molecule has 0 rings (SSSR count). The SMILES string of the molecule is CCCCCCCC(N)C(C(C)=O)P(=O)(OCC)OCC. The van der Waals surface area contributed by atoms with Crippen LogP contribution in [0.15, 0.2) is 0 Å². The van der Waals surface area contributed by atoms with Crippen LogP contribution in [-0.2, 0) is 18.4 Å². The molecule has 2 unspecified atom stereocenters. The van der Waals surface area contributed by atoms with Crippen LogP contribution in [0.4, 0.5) is 0 Å². The minimum absolute atomic E-state index is 0.221. The van der Waals surface area contributed by atoms with Crippen molar-refractivity contribution in [1.29, 1.82) is 0 Å². The van der Waals surface area contributed by atoms with Gasteiger partial charge in [-0.2, -0.15) is 0 Å². The fourth-order valence-corrected chi connectivity index (χ4v) is 4.64. The van der Waals surface area contributed by atoms with E-state index in [-0.39, 0.29) is 19.0 Å². The standard InChI is InChI=1S/C15H32NO4P/c1-5-8-9-10-11-12-14(16)15(13(4)17)21(18,19-6-2)20-7-3/h14-15H,5-12,16H2,1-4H3. The third kappa shape index (κ3) is 7.55. The Balaban J connectivity index is 4.70. The molecule has 126 valence electrons. The predicted molar refractivity (Wildman–Crippen MR) is 86.7 cm³/mol. The molecule has 0 spiro atoms. The molecule has 2 N–H and O–H groups in total. The molecule has 5 nitrogen and oxygen atoms in total. The number of hydrogen-bond acceptors (Lipinski definition) is 5. The van der Waals surface area contributed by atoms with Crippen LogP contribution in [0.1, 0.15) is 66.2 Å². The van der Waals surface area contributed by atoms with E-state index in [9.17, 15) is 9.36 Å². The molecule has 21 heavy (non-hydrogen) atoms. The normalized spacial score (nSPS) is 14.9. The molecule has 2 atom stereocenters. The van der Waals surface area contributed by atoms with Gasteiger partial charge in [0.05, 0.1) is 13.2 Å². The third-order valence-electron chi connectivity index (χ3n) is 3.42. The number of carbonyl (C=O) groups excluding carboxylic acids is 1. The van der Waals surface area contributed by atoms with Crippen molar-refractivity contribution in [2.45, 2.75) is 77.9 Å². The lowest BCUT2D eigenvalue weighted by atomic mass is 10.0. The number of hydrogen-bond donors (Lipinski definition) is 1. The molecule has 0 aliphatic carbocycles. The predicted octanol–water partition coefficient (Wildman–Crippen LogP) is 3.90. The zero-order valence-electron chi connectivity index (χ0n) is 14.0. The first-order valence-corrected chi connectivity index (χ1v) is 9.68. The van der Waals surface area contributed by atoms with Crippen molar-refractivity contribution in [2.75, 3.05) is 13.2 Å². The van der Waals surface area contributed by atoms with Crippen molar-refractivity contribution in [3.8, 4) is 0 Å². The minimum atomic E-state index is -3.48. The Hall–Kier alpha value is -0.220. The number of Topliss-reactive ketones (excluding diaryl/α,β-unsaturated/α-hetero) is 1. The summed E-state index contributed by atoms with van der Waals surface area (Å²) in [7, 11) is -3.48. The van der Waals surface area contributed by atoms with Gasteiger partial charge in [0.2, 0.25) is 0 Å². The number of nitrogens with two attached hydrogens (primary N) is 1. The van der Waals surface area contributed by atoms with E-state index < -0.39 is 19.3 Å². The van der Waals surface area contributed by atoms with Crippen LogP contribution < -0.4 is 5.73 Å². The Morgan fingerprint density at radius 2 is 1.57 bits per heavy atom. The molecule has 0 aliphatic heterocycles. The van der Waals surface area contributed by atoms with Crippen LogP contribution >= 0.6 is 7.60 Å². The van der Waals surface area contributed by atoms with Crippen molar-refractivity contribution in [3.63, 3.8) is 0 Å². The highest BCUT2D eigenvalue weighted by atomic mass is 31.2. The van der Waals surface area contributed by atoms with Gasteiger partial charge >= 0.3 is 7.60 Å². The Bertz CT molecular complexity index is 326. The highest BCUT2D eigenvalue weighted by Crippen LogP contribution is 2.54. The lowest BCUT2D eigenvalue weighted by Gasteiger charge is -2.28. The Kier molecular flexibility index (Phi) is 11.2. The zero-order chi connectivity index (χ0) is 16.3. The molecule has 0 bridgehead atoms. The van der Waals surface area contributed by atoms with E-state index in [1.807, 2.05) is 0 Å². The highest BCUT2D eigenvalue weighted by Gasteiger charge is 2.42. The van der Waals surface area contributed by atoms with Crippen LogP contribution in [0.5, 0.6) is 0 Å². The van der Waals surface area contributed by atoms with Crippen molar-refractivity contribution in [3.05, 3.63) is 0 Å². The van der Waals surface area contributed by atoms with Crippen molar-refractivity contribution < 1.29 is 18.4 Å². The average molecular weight is 321 g/mol. The van der Waals surface area contributed by atoms with Gasteiger partial charge in [-0.1, -0.05) is 39.0 Å². The molecular formula is C15H32NO4P. The molecule has 0 aromatic carbocycles. The molecular weight excluding hydrogens is 289 g/mol. The quantitative estimate of drug-likeness (QED) is 0.411. The summed E-state index contributed by atoms with van der Waals surface area (Å²) in [6, 6.07) is -0.479.